The summed E-state index contributed by atoms with van der Waals surface area (Å²) in [6, 6.07) is 9.67. The summed E-state index contributed by atoms with van der Waals surface area (Å²) in [6.45, 7) is 3.06. The Bertz CT molecular complexity index is 459. The third-order valence-electron chi connectivity index (χ3n) is 3.32. The van der Waals surface area contributed by atoms with Crippen molar-refractivity contribution in [2.75, 3.05) is 13.6 Å². The molecule has 0 saturated heterocycles. The third-order valence-corrected chi connectivity index (χ3v) is 3.32. The van der Waals surface area contributed by atoms with Crippen molar-refractivity contribution in [3.05, 3.63) is 48.3 Å². The second-order valence-electron chi connectivity index (χ2n) is 5.03. The summed E-state index contributed by atoms with van der Waals surface area (Å²) in [5, 5.41) is 0. The Morgan fingerprint density at radius 2 is 2.00 bits per heavy atom. The zero-order valence-corrected chi connectivity index (χ0v) is 12.2. The van der Waals surface area contributed by atoms with E-state index < -0.39 is 0 Å². The molecule has 0 amide bonds. The van der Waals surface area contributed by atoms with E-state index in [0.29, 0.717) is 6.42 Å². The lowest BCUT2D eigenvalue weighted by molar-refractivity contribution is -0.166. The van der Waals surface area contributed by atoms with E-state index in [9.17, 15) is 4.79 Å². The minimum atomic E-state index is -0.308. The summed E-state index contributed by atoms with van der Waals surface area (Å²) >= 11 is 0. The van der Waals surface area contributed by atoms with Gasteiger partial charge in [-0.1, -0.05) is 43.7 Å². The first-order valence-electron chi connectivity index (χ1n) is 7.10. The molecule has 0 spiro atoms. The van der Waals surface area contributed by atoms with Gasteiger partial charge in [0.05, 0.1) is 6.42 Å². The maximum Gasteiger partial charge on any atom is 0.313 e. The second-order valence-corrected chi connectivity index (χ2v) is 5.03. The maximum absolute atomic E-state index is 12.0. The van der Waals surface area contributed by atoms with Crippen LogP contribution in [0.3, 0.4) is 0 Å². The highest BCUT2D eigenvalue weighted by molar-refractivity contribution is 5.72. The standard InChI is InChI=1S/C16H22N2O2/c1-3-4-10-18-12-11-17(2)16(18)20-15(19)13-14-8-6-5-7-9-14/h5-9,11-12,16H,3-4,10,13H2,1-2H3. The molecule has 0 radical (unpaired) electrons. The summed E-state index contributed by atoms with van der Waals surface area (Å²) < 4.78 is 5.59. The van der Waals surface area contributed by atoms with Crippen molar-refractivity contribution in [3.8, 4) is 0 Å². The van der Waals surface area contributed by atoms with Crippen molar-refractivity contribution in [1.82, 2.24) is 9.80 Å². The Hall–Kier alpha value is -1.97. The molecule has 20 heavy (non-hydrogen) atoms. The van der Waals surface area contributed by atoms with E-state index in [1.54, 1.807) is 0 Å². The van der Waals surface area contributed by atoms with Crippen molar-refractivity contribution in [2.45, 2.75) is 32.5 Å². The van der Waals surface area contributed by atoms with Crippen LogP contribution in [0, 0.1) is 0 Å². The lowest BCUT2D eigenvalue weighted by atomic mass is 10.2. The molecule has 1 heterocycles. The first-order valence-corrected chi connectivity index (χ1v) is 7.10. The SMILES string of the molecule is CCCCN1C=CN(C)C1OC(=O)Cc1ccccc1. The number of ether oxygens (including phenoxy) is 1. The predicted molar refractivity (Wildman–Crippen MR) is 78.5 cm³/mol. The molecular formula is C16H22N2O2. The number of esters is 1. The first-order chi connectivity index (χ1) is 9.70. The van der Waals surface area contributed by atoms with Crippen molar-refractivity contribution in [2.24, 2.45) is 0 Å². The van der Waals surface area contributed by atoms with Crippen molar-refractivity contribution < 1.29 is 9.53 Å². The summed E-state index contributed by atoms with van der Waals surface area (Å²) in [7, 11) is 1.92. The molecule has 0 bridgehead atoms. The van der Waals surface area contributed by atoms with Crippen LogP contribution < -0.4 is 0 Å². The van der Waals surface area contributed by atoms with Gasteiger partial charge >= 0.3 is 5.97 Å². The van der Waals surface area contributed by atoms with Crippen LogP contribution in [-0.4, -0.2) is 35.7 Å². The topological polar surface area (TPSA) is 32.8 Å². The highest BCUT2D eigenvalue weighted by atomic mass is 16.6. The Morgan fingerprint density at radius 1 is 1.25 bits per heavy atom. The minimum Gasteiger partial charge on any atom is -0.422 e. The Balaban J connectivity index is 1.89. The number of nitrogens with zero attached hydrogens (tertiary/aromatic N) is 2. The molecule has 4 nitrogen and oxygen atoms in total. The zero-order valence-electron chi connectivity index (χ0n) is 12.2. The number of benzene rings is 1. The summed E-state index contributed by atoms with van der Waals surface area (Å²) in [6.07, 6.45) is 6.14. The van der Waals surface area contributed by atoms with E-state index in [2.05, 4.69) is 11.8 Å². The fourth-order valence-electron chi connectivity index (χ4n) is 2.17. The van der Waals surface area contributed by atoms with E-state index in [1.807, 2.05) is 54.7 Å². The van der Waals surface area contributed by atoms with Crippen LogP contribution in [0.2, 0.25) is 0 Å². The van der Waals surface area contributed by atoms with Crippen LogP contribution in [-0.2, 0) is 16.0 Å². The van der Waals surface area contributed by atoms with Gasteiger partial charge in [-0.05, 0) is 12.0 Å². The Morgan fingerprint density at radius 3 is 2.70 bits per heavy atom. The lowest BCUT2D eigenvalue weighted by Crippen LogP contribution is -2.41. The number of carbonyl (C=O) groups is 1. The molecule has 2 rings (SSSR count). The second kappa shape index (κ2) is 6.98. The number of rotatable bonds is 6. The minimum absolute atomic E-state index is 0.196. The summed E-state index contributed by atoms with van der Waals surface area (Å²) in [5.74, 6) is -0.196. The molecule has 0 fully saturated rings. The molecule has 0 N–H and O–H groups in total. The molecule has 1 atom stereocenters. The first kappa shape index (κ1) is 14.4. The average Bonchev–Trinajstić information content (AvgIpc) is 2.79. The summed E-state index contributed by atoms with van der Waals surface area (Å²) in [4.78, 5) is 16.0. The predicted octanol–water partition coefficient (Wildman–Crippen LogP) is 2.57. The van der Waals surface area contributed by atoms with Crippen LogP contribution >= 0.6 is 0 Å². The van der Waals surface area contributed by atoms with Gasteiger partial charge in [0.15, 0.2) is 0 Å². The van der Waals surface area contributed by atoms with Gasteiger partial charge in [-0.25, -0.2) is 0 Å². The van der Waals surface area contributed by atoms with E-state index in [0.717, 1.165) is 24.9 Å². The zero-order chi connectivity index (χ0) is 14.4. The largest absolute Gasteiger partial charge is 0.422 e. The van der Waals surface area contributed by atoms with Gasteiger partial charge in [-0.15, -0.1) is 0 Å². The molecule has 0 aliphatic carbocycles. The lowest BCUT2D eigenvalue weighted by Gasteiger charge is -2.29. The highest BCUT2D eigenvalue weighted by Gasteiger charge is 2.26. The third kappa shape index (κ3) is 3.76. The monoisotopic (exact) mass is 274 g/mol. The molecule has 0 aromatic heterocycles. The van der Waals surface area contributed by atoms with Crippen molar-refractivity contribution >= 4 is 5.97 Å². The van der Waals surface area contributed by atoms with Gasteiger partial charge in [-0.2, -0.15) is 0 Å². The van der Waals surface area contributed by atoms with Crippen LogP contribution in [0.5, 0.6) is 0 Å². The Labute approximate surface area is 120 Å². The number of hydrogen-bond acceptors (Lipinski definition) is 4. The fourth-order valence-corrected chi connectivity index (χ4v) is 2.17. The quantitative estimate of drug-likeness (QED) is 0.746. The van der Waals surface area contributed by atoms with Crippen LogP contribution in [0.25, 0.3) is 0 Å². The summed E-state index contributed by atoms with van der Waals surface area (Å²) in [5.41, 5.74) is 0.978. The Kier molecular flexibility index (Phi) is 5.04. The van der Waals surface area contributed by atoms with Gasteiger partial charge < -0.3 is 14.5 Å². The number of carbonyl (C=O) groups excluding carboxylic acids is 1. The number of hydrogen-bond donors (Lipinski definition) is 0. The molecule has 1 aliphatic heterocycles. The molecule has 1 aliphatic rings. The van der Waals surface area contributed by atoms with E-state index in [1.165, 1.54) is 0 Å². The fraction of sp³-hybridized carbons (Fsp3) is 0.438. The number of unbranched alkanes of at least 4 members (excludes halogenated alkanes) is 1. The van der Waals surface area contributed by atoms with Crippen molar-refractivity contribution in [3.63, 3.8) is 0 Å². The van der Waals surface area contributed by atoms with E-state index in [4.69, 9.17) is 4.74 Å². The molecule has 108 valence electrons. The van der Waals surface area contributed by atoms with Gasteiger partial charge in [0.25, 0.3) is 6.35 Å². The smallest absolute Gasteiger partial charge is 0.313 e. The van der Waals surface area contributed by atoms with Gasteiger partial charge in [0.1, 0.15) is 0 Å². The molecule has 4 heteroatoms. The van der Waals surface area contributed by atoms with Crippen LogP contribution in [0.1, 0.15) is 25.3 Å². The molecular weight excluding hydrogens is 252 g/mol. The van der Waals surface area contributed by atoms with Crippen molar-refractivity contribution in [1.29, 1.82) is 0 Å². The van der Waals surface area contributed by atoms with Gasteiger partial charge in [-0.3, -0.25) is 4.79 Å². The van der Waals surface area contributed by atoms with Gasteiger partial charge in [0, 0.05) is 26.0 Å². The van der Waals surface area contributed by atoms with Crippen LogP contribution in [0.4, 0.5) is 0 Å². The van der Waals surface area contributed by atoms with E-state index >= 15 is 0 Å². The molecule has 1 aromatic rings. The van der Waals surface area contributed by atoms with Gasteiger partial charge in [0.2, 0.25) is 0 Å². The molecule has 1 unspecified atom stereocenters. The molecule has 1 aromatic carbocycles. The highest BCUT2D eigenvalue weighted by Crippen LogP contribution is 2.16. The normalized spacial score (nSPS) is 17.6. The molecule has 0 saturated carbocycles. The van der Waals surface area contributed by atoms with Crippen LogP contribution in [0.15, 0.2) is 42.7 Å². The van der Waals surface area contributed by atoms with E-state index in [-0.39, 0.29) is 12.3 Å². The average molecular weight is 274 g/mol. The maximum atomic E-state index is 12.0.